The van der Waals surface area contributed by atoms with Gasteiger partial charge in [0.25, 0.3) is 6.43 Å². The van der Waals surface area contributed by atoms with Crippen molar-refractivity contribution in [3.05, 3.63) is 11.7 Å². The summed E-state index contributed by atoms with van der Waals surface area (Å²) in [5, 5.41) is 3.75. The first kappa shape index (κ1) is 15.7. The third kappa shape index (κ3) is 3.56. The molecule has 0 aliphatic carbocycles. The zero-order chi connectivity index (χ0) is 14.5. The van der Waals surface area contributed by atoms with Crippen molar-refractivity contribution in [2.75, 3.05) is 6.61 Å². The fourth-order valence-corrected chi connectivity index (χ4v) is 1.85. The maximum absolute atomic E-state index is 12.1. The van der Waals surface area contributed by atoms with E-state index in [9.17, 15) is 13.6 Å². The minimum Gasteiger partial charge on any atom is -0.367 e. The van der Waals surface area contributed by atoms with Crippen LogP contribution >= 0.6 is 0 Å². The smallest absolute Gasteiger partial charge is 0.296 e. The zero-order valence-electron chi connectivity index (χ0n) is 11.3. The third-order valence-electron chi connectivity index (χ3n) is 3.01. The van der Waals surface area contributed by atoms with Crippen molar-refractivity contribution in [2.24, 2.45) is 0 Å². The van der Waals surface area contributed by atoms with E-state index < -0.39 is 24.2 Å². The van der Waals surface area contributed by atoms with Gasteiger partial charge in [0, 0.05) is 6.61 Å². The van der Waals surface area contributed by atoms with Crippen molar-refractivity contribution in [1.29, 1.82) is 0 Å². The van der Waals surface area contributed by atoms with Gasteiger partial charge in [-0.25, -0.2) is 8.78 Å². The van der Waals surface area contributed by atoms with Crippen LogP contribution in [-0.2, 0) is 21.6 Å². The Morgan fingerprint density at radius 1 is 1.37 bits per heavy atom. The van der Waals surface area contributed by atoms with Crippen LogP contribution in [0, 0.1) is 0 Å². The van der Waals surface area contributed by atoms with E-state index in [1.54, 1.807) is 0 Å². The van der Waals surface area contributed by atoms with Crippen molar-refractivity contribution in [1.82, 2.24) is 10.1 Å². The van der Waals surface area contributed by atoms with E-state index in [4.69, 9.17) is 9.26 Å². The molecule has 0 spiro atoms. The van der Waals surface area contributed by atoms with Gasteiger partial charge in [-0.1, -0.05) is 19.0 Å². The Labute approximate surface area is 110 Å². The molecule has 7 heteroatoms. The summed E-state index contributed by atoms with van der Waals surface area (Å²) in [5.74, 6) is -1.03. The molecule has 1 heterocycles. The van der Waals surface area contributed by atoms with Crippen LogP contribution < -0.4 is 0 Å². The van der Waals surface area contributed by atoms with E-state index in [0.717, 1.165) is 0 Å². The highest BCUT2D eigenvalue weighted by molar-refractivity contribution is 5.82. The van der Waals surface area contributed by atoms with Gasteiger partial charge in [0.05, 0.1) is 6.42 Å². The van der Waals surface area contributed by atoms with Gasteiger partial charge in [-0.15, -0.1) is 0 Å². The topological polar surface area (TPSA) is 65.2 Å². The van der Waals surface area contributed by atoms with E-state index in [0.29, 0.717) is 25.3 Å². The maximum atomic E-state index is 12.1. The highest BCUT2D eigenvalue weighted by Crippen LogP contribution is 2.30. The molecular formula is C12H18F2N2O3. The molecule has 0 amide bonds. The summed E-state index contributed by atoms with van der Waals surface area (Å²) in [6.45, 7) is 6.15. The SMILES string of the molecule is CCOC(CC)(CC)c1noc(CC(=O)C(F)F)n1. The largest absolute Gasteiger partial charge is 0.367 e. The predicted octanol–water partition coefficient (Wildman–Crippen LogP) is 2.50. The second-order valence-electron chi connectivity index (χ2n) is 4.09. The van der Waals surface area contributed by atoms with Crippen molar-refractivity contribution in [3.63, 3.8) is 0 Å². The number of hydrogen-bond donors (Lipinski definition) is 0. The van der Waals surface area contributed by atoms with Gasteiger partial charge in [-0.3, -0.25) is 4.79 Å². The lowest BCUT2D eigenvalue weighted by Gasteiger charge is -2.27. The highest BCUT2D eigenvalue weighted by Gasteiger charge is 2.34. The second kappa shape index (κ2) is 6.70. The molecule has 0 N–H and O–H groups in total. The first-order valence-electron chi connectivity index (χ1n) is 6.27. The van der Waals surface area contributed by atoms with Crippen molar-refractivity contribution < 1.29 is 22.8 Å². The van der Waals surface area contributed by atoms with E-state index >= 15 is 0 Å². The Kier molecular flexibility index (Phi) is 5.53. The van der Waals surface area contributed by atoms with Crippen LogP contribution in [0.15, 0.2) is 4.52 Å². The van der Waals surface area contributed by atoms with Gasteiger partial charge in [0.1, 0.15) is 5.60 Å². The van der Waals surface area contributed by atoms with E-state index in [1.807, 2.05) is 20.8 Å². The van der Waals surface area contributed by atoms with Crippen molar-refractivity contribution in [2.45, 2.75) is 52.1 Å². The van der Waals surface area contributed by atoms with Crippen LogP contribution in [-0.4, -0.2) is 29.0 Å². The number of carbonyl (C=O) groups excluding carboxylic acids is 1. The molecule has 1 rings (SSSR count). The Morgan fingerprint density at radius 3 is 2.47 bits per heavy atom. The Bertz CT molecular complexity index is 417. The first-order valence-corrected chi connectivity index (χ1v) is 6.27. The molecule has 108 valence electrons. The summed E-state index contributed by atoms with van der Waals surface area (Å²) in [6.07, 6.45) is -2.33. The van der Waals surface area contributed by atoms with Gasteiger partial charge in [-0.05, 0) is 19.8 Å². The molecule has 0 bridgehead atoms. The molecule has 0 aliphatic rings. The summed E-state index contributed by atoms with van der Waals surface area (Å²) in [7, 11) is 0. The number of hydrogen-bond acceptors (Lipinski definition) is 5. The summed E-state index contributed by atoms with van der Waals surface area (Å²) in [6, 6.07) is 0. The molecule has 5 nitrogen and oxygen atoms in total. The Balaban J connectivity index is 2.90. The van der Waals surface area contributed by atoms with Gasteiger partial charge >= 0.3 is 0 Å². The molecule has 0 atom stereocenters. The van der Waals surface area contributed by atoms with Crippen LogP contribution in [0.1, 0.15) is 45.3 Å². The molecular weight excluding hydrogens is 258 g/mol. The van der Waals surface area contributed by atoms with E-state index in [-0.39, 0.29) is 5.89 Å². The quantitative estimate of drug-likeness (QED) is 0.730. The lowest BCUT2D eigenvalue weighted by molar-refractivity contribution is -0.129. The van der Waals surface area contributed by atoms with Gasteiger partial charge in [0.15, 0.2) is 0 Å². The van der Waals surface area contributed by atoms with Crippen LogP contribution in [0.4, 0.5) is 8.78 Å². The summed E-state index contributed by atoms with van der Waals surface area (Å²) in [5.41, 5.74) is -0.690. The fourth-order valence-electron chi connectivity index (χ4n) is 1.85. The average Bonchev–Trinajstić information content (AvgIpc) is 2.85. The van der Waals surface area contributed by atoms with Crippen LogP contribution in [0.2, 0.25) is 0 Å². The minimum atomic E-state index is -3.02. The highest BCUT2D eigenvalue weighted by atomic mass is 19.3. The molecule has 0 radical (unpaired) electrons. The first-order chi connectivity index (χ1) is 8.99. The number of ketones is 1. The summed E-state index contributed by atoms with van der Waals surface area (Å²) in [4.78, 5) is 14.9. The van der Waals surface area contributed by atoms with Crippen LogP contribution in [0.25, 0.3) is 0 Å². The van der Waals surface area contributed by atoms with Gasteiger partial charge < -0.3 is 9.26 Å². The summed E-state index contributed by atoms with van der Waals surface area (Å²) >= 11 is 0. The fraction of sp³-hybridized carbons (Fsp3) is 0.750. The number of aromatic nitrogens is 2. The van der Waals surface area contributed by atoms with E-state index in [2.05, 4.69) is 10.1 Å². The predicted molar refractivity (Wildman–Crippen MR) is 62.9 cm³/mol. The molecule has 0 saturated carbocycles. The number of rotatable bonds is 8. The molecule has 0 aromatic carbocycles. The van der Waals surface area contributed by atoms with Crippen molar-refractivity contribution in [3.8, 4) is 0 Å². The van der Waals surface area contributed by atoms with Crippen molar-refractivity contribution >= 4 is 5.78 Å². The second-order valence-corrected chi connectivity index (χ2v) is 4.09. The number of ether oxygens (including phenoxy) is 1. The molecule has 19 heavy (non-hydrogen) atoms. The Morgan fingerprint density at radius 2 is 2.00 bits per heavy atom. The average molecular weight is 276 g/mol. The van der Waals surface area contributed by atoms with Gasteiger partial charge in [0.2, 0.25) is 17.5 Å². The number of nitrogens with zero attached hydrogens (tertiary/aromatic N) is 2. The monoisotopic (exact) mass is 276 g/mol. The number of alkyl halides is 2. The Hall–Kier alpha value is -1.37. The number of halogens is 2. The maximum Gasteiger partial charge on any atom is 0.296 e. The number of carbonyl (C=O) groups is 1. The van der Waals surface area contributed by atoms with Crippen LogP contribution in [0.3, 0.4) is 0 Å². The van der Waals surface area contributed by atoms with Gasteiger partial charge in [-0.2, -0.15) is 4.98 Å². The molecule has 0 fully saturated rings. The minimum absolute atomic E-state index is 0.105. The summed E-state index contributed by atoms with van der Waals surface area (Å²) < 4.78 is 34.8. The molecule has 1 aromatic rings. The standard InChI is InChI=1S/C12H18F2N2O3/c1-4-12(5-2,18-6-3)11-15-9(19-16-11)7-8(17)10(13)14/h10H,4-7H2,1-3H3. The third-order valence-corrected chi connectivity index (χ3v) is 3.01. The van der Waals surface area contributed by atoms with E-state index in [1.165, 1.54) is 0 Å². The lowest BCUT2D eigenvalue weighted by Crippen LogP contribution is -2.29. The molecule has 1 aromatic heterocycles. The molecule has 0 saturated heterocycles. The van der Waals surface area contributed by atoms with Crippen LogP contribution in [0.5, 0.6) is 0 Å². The zero-order valence-corrected chi connectivity index (χ0v) is 11.3. The normalized spacial score (nSPS) is 12.1. The lowest BCUT2D eigenvalue weighted by atomic mass is 9.96. The number of Topliss-reactive ketones (excluding diaryl/α,β-unsaturated/α-hetero) is 1. The molecule has 0 aliphatic heterocycles. The molecule has 0 unspecified atom stereocenters.